The highest BCUT2D eigenvalue weighted by atomic mass is 35.5. The molecule has 0 aliphatic carbocycles. The summed E-state index contributed by atoms with van der Waals surface area (Å²) in [7, 11) is 1.29. The Morgan fingerprint density at radius 3 is 2.75 bits per heavy atom. The molecule has 0 heterocycles. The molecule has 0 radical (unpaired) electrons. The minimum absolute atomic E-state index is 0.0913. The molecule has 0 aliphatic rings. The van der Waals surface area contributed by atoms with Gasteiger partial charge in [0.15, 0.2) is 0 Å². The zero-order valence-electron chi connectivity index (χ0n) is 8.58. The molecular formula is C10H11ClF2N2O. The van der Waals surface area contributed by atoms with Gasteiger partial charge in [-0.1, -0.05) is 17.7 Å². The van der Waals surface area contributed by atoms with Crippen molar-refractivity contribution in [2.75, 3.05) is 19.3 Å². The van der Waals surface area contributed by atoms with E-state index >= 15 is 0 Å². The summed E-state index contributed by atoms with van der Waals surface area (Å²) >= 11 is 5.81. The van der Waals surface area contributed by atoms with E-state index in [2.05, 4.69) is 0 Å². The van der Waals surface area contributed by atoms with Gasteiger partial charge in [-0.15, -0.1) is 0 Å². The Kier molecular flexibility index (Phi) is 4.06. The number of nitrogen functional groups attached to an aromatic ring is 1. The van der Waals surface area contributed by atoms with Crippen LogP contribution in [0.2, 0.25) is 5.02 Å². The molecule has 0 aliphatic heterocycles. The Morgan fingerprint density at radius 2 is 2.19 bits per heavy atom. The quantitative estimate of drug-likeness (QED) is 0.834. The van der Waals surface area contributed by atoms with Gasteiger partial charge in [-0.2, -0.15) is 0 Å². The highest BCUT2D eigenvalue weighted by Crippen LogP contribution is 2.24. The third-order valence-electron chi connectivity index (χ3n) is 2.02. The van der Waals surface area contributed by atoms with E-state index in [9.17, 15) is 13.6 Å². The largest absolute Gasteiger partial charge is 0.398 e. The van der Waals surface area contributed by atoms with Crippen molar-refractivity contribution in [1.82, 2.24) is 4.90 Å². The number of rotatable bonds is 3. The molecule has 0 spiro atoms. The Morgan fingerprint density at radius 1 is 1.56 bits per heavy atom. The Hall–Kier alpha value is -1.36. The monoisotopic (exact) mass is 248 g/mol. The molecule has 6 heteroatoms. The van der Waals surface area contributed by atoms with E-state index in [4.69, 9.17) is 17.3 Å². The molecule has 1 aromatic carbocycles. The van der Waals surface area contributed by atoms with Crippen molar-refractivity contribution in [2.45, 2.75) is 6.43 Å². The van der Waals surface area contributed by atoms with Crippen LogP contribution in [-0.2, 0) is 0 Å². The molecule has 1 amide bonds. The highest BCUT2D eigenvalue weighted by Gasteiger charge is 2.18. The molecule has 0 aromatic heterocycles. The van der Waals surface area contributed by atoms with Crippen LogP contribution in [0.15, 0.2) is 18.2 Å². The van der Waals surface area contributed by atoms with E-state index in [1.807, 2.05) is 0 Å². The van der Waals surface area contributed by atoms with Crippen LogP contribution >= 0.6 is 11.6 Å². The van der Waals surface area contributed by atoms with Crippen LogP contribution in [-0.4, -0.2) is 30.8 Å². The van der Waals surface area contributed by atoms with Gasteiger partial charge in [0.1, 0.15) is 0 Å². The molecule has 0 bridgehead atoms. The normalized spacial score (nSPS) is 10.6. The minimum atomic E-state index is -2.58. The lowest BCUT2D eigenvalue weighted by molar-refractivity contribution is 0.0620. The van der Waals surface area contributed by atoms with Crippen LogP contribution in [0.5, 0.6) is 0 Å². The third kappa shape index (κ3) is 2.82. The number of halogens is 3. The van der Waals surface area contributed by atoms with Crippen molar-refractivity contribution >= 4 is 23.2 Å². The van der Waals surface area contributed by atoms with Gasteiger partial charge in [0.2, 0.25) is 0 Å². The third-order valence-corrected chi connectivity index (χ3v) is 2.44. The molecule has 1 rings (SSSR count). The second-order valence-corrected chi connectivity index (χ2v) is 3.66. The van der Waals surface area contributed by atoms with Gasteiger partial charge in [-0.05, 0) is 12.1 Å². The van der Waals surface area contributed by atoms with E-state index in [1.165, 1.54) is 19.2 Å². The maximum absolute atomic E-state index is 12.1. The summed E-state index contributed by atoms with van der Waals surface area (Å²) in [6.45, 7) is -0.635. The number of alkyl halides is 2. The molecule has 0 fully saturated rings. The maximum atomic E-state index is 12.1. The smallest absolute Gasteiger partial charge is 0.255 e. The predicted octanol–water partition coefficient (Wildman–Crippen LogP) is 2.26. The van der Waals surface area contributed by atoms with E-state index in [0.29, 0.717) is 0 Å². The summed E-state index contributed by atoms with van der Waals surface area (Å²) < 4.78 is 24.2. The fourth-order valence-corrected chi connectivity index (χ4v) is 1.42. The van der Waals surface area contributed by atoms with Crippen LogP contribution in [0.1, 0.15) is 10.4 Å². The zero-order valence-corrected chi connectivity index (χ0v) is 9.34. The average molecular weight is 249 g/mol. The molecule has 88 valence electrons. The van der Waals surface area contributed by atoms with Crippen LogP contribution in [0.25, 0.3) is 0 Å². The van der Waals surface area contributed by atoms with Gasteiger partial charge >= 0.3 is 0 Å². The molecule has 1 aromatic rings. The predicted molar refractivity (Wildman–Crippen MR) is 58.8 cm³/mol. The SMILES string of the molecule is CN(CC(F)F)C(=O)c1cccc(N)c1Cl. The first-order valence-electron chi connectivity index (χ1n) is 4.51. The number of carbonyl (C=O) groups is 1. The Bertz CT molecular complexity index is 398. The lowest BCUT2D eigenvalue weighted by Gasteiger charge is -2.17. The summed E-state index contributed by atoms with van der Waals surface area (Å²) in [4.78, 5) is 12.6. The van der Waals surface area contributed by atoms with Crippen molar-refractivity contribution in [3.8, 4) is 0 Å². The van der Waals surface area contributed by atoms with Gasteiger partial charge in [-0.3, -0.25) is 4.79 Å². The highest BCUT2D eigenvalue weighted by molar-refractivity contribution is 6.36. The fourth-order valence-electron chi connectivity index (χ4n) is 1.21. The number of hydrogen-bond donors (Lipinski definition) is 1. The minimum Gasteiger partial charge on any atom is -0.398 e. The second kappa shape index (κ2) is 5.12. The maximum Gasteiger partial charge on any atom is 0.255 e. The molecule has 3 nitrogen and oxygen atoms in total. The molecule has 16 heavy (non-hydrogen) atoms. The molecule has 0 saturated heterocycles. The molecule has 0 saturated carbocycles. The van der Waals surface area contributed by atoms with E-state index in [1.54, 1.807) is 6.07 Å². The van der Waals surface area contributed by atoms with E-state index in [0.717, 1.165) is 4.90 Å². The van der Waals surface area contributed by atoms with Crippen molar-refractivity contribution in [2.24, 2.45) is 0 Å². The topological polar surface area (TPSA) is 46.3 Å². The summed E-state index contributed by atoms with van der Waals surface area (Å²) in [5.74, 6) is -0.572. The number of hydrogen-bond acceptors (Lipinski definition) is 2. The number of nitrogens with two attached hydrogens (primary N) is 1. The summed E-state index contributed by atoms with van der Waals surface area (Å²) in [6.07, 6.45) is -2.58. The van der Waals surface area contributed by atoms with Crippen molar-refractivity contribution < 1.29 is 13.6 Å². The van der Waals surface area contributed by atoms with Gasteiger partial charge < -0.3 is 10.6 Å². The molecule has 0 unspecified atom stereocenters. The standard InChI is InChI=1S/C10H11ClF2N2O/c1-15(5-8(12)13)10(16)6-3-2-4-7(14)9(6)11/h2-4,8H,5,14H2,1H3. The van der Waals surface area contributed by atoms with Crippen LogP contribution in [0.3, 0.4) is 0 Å². The molecule has 2 N–H and O–H groups in total. The van der Waals surface area contributed by atoms with Gasteiger partial charge in [-0.25, -0.2) is 8.78 Å². The average Bonchev–Trinajstić information content (AvgIpc) is 2.20. The first-order valence-corrected chi connectivity index (χ1v) is 4.89. The summed E-state index contributed by atoms with van der Waals surface area (Å²) in [6, 6.07) is 4.53. The number of carbonyl (C=O) groups excluding carboxylic acids is 1. The first-order chi connectivity index (χ1) is 7.43. The number of nitrogens with zero attached hydrogens (tertiary/aromatic N) is 1. The first kappa shape index (κ1) is 12.7. The van der Waals surface area contributed by atoms with Crippen molar-refractivity contribution in [3.05, 3.63) is 28.8 Å². The van der Waals surface area contributed by atoms with Gasteiger partial charge in [0, 0.05) is 7.05 Å². The lowest BCUT2D eigenvalue weighted by atomic mass is 10.2. The van der Waals surface area contributed by atoms with Gasteiger partial charge in [0.25, 0.3) is 12.3 Å². The second-order valence-electron chi connectivity index (χ2n) is 3.29. The Labute approximate surface area is 96.8 Å². The van der Waals surface area contributed by atoms with Crippen molar-refractivity contribution in [1.29, 1.82) is 0 Å². The lowest BCUT2D eigenvalue weighted by Crippen LogP contribution is -2.31. The Balaban J connectivity index is 2.92. The van der Waals surface area contributed by atoms with Crippen LogP contribution in [0, 0.1) is 0 Å². The van der Waals surface area contributed by atoms with E-state index < -0.39 is 18.9 Å². The van der Waals surface area contributed by atoms with E-state index in [-0.39, 0.29) is 16.3 Å². The van der Waals surface area contributed by atoms with Crippen molar-refractivity contribution in [3.63, 3.8) is 0 Å². The summed E-state index contributed by atoms with van der Waals surface area (Å²) in [5, 5.41) is 0.0913. The number of anilines is 1. The van der Waals surface area contributed by atoms with Crippen LogP contribution < -0.4 is 5.73 Å². The fraction of sp³-hybridized carbons (Fsp3) is 0.300. The summed E-state index contributed by atoms with van der Waals surface area (Å²) in [5.41, 5.74) is 5.89. The van der Waals surface area contributed by atoms with Crippen LogP contribution in [0.4, 0.5) is 14.5 Å². The number of benzene rings is 1. The zero-order chi connectivity index (χ0) is 12.3. The van der Waals surface area contributed by atoms with Gasteiger partial charge in [0.05, 0.1) is 22.8 Å². The molecule has 0 atom stereocenters. The molecular weight excluding hydrogens is 238 g/mol. The number of amides is 1.